The van der Waals surface area contributed by atoms with Gasteiger partial charge < -0.3 is 4.74 Å². The highest BCUT2D eigenvalue weighted by molar-refractivity contribution is 5.69. The van der Waals surface area contributed by atoms with E-state index in [1.807, 2.05) is 13.8 Å². The van der Waals surface area contributed by atoms with Gasteiger partial charge in [0.25, 0.3) is 0 Å². The summed E-state index contributed by atoms with van der Waals surface area (Å²) in [5, 5.41) is 0. The van der Waals surface area contributed by atoms with E-state index in [0.29, 0.717) is 6.42 Å². The lowest BCUT2D eigenvalue weighted by molar-refractivity contribution is -0.359. The van der Waals surface area contributed by atoms with Gasteiger partial charge in [-0.05, 0) is 32.1 Å². The average Bonchev–Trinajstić information content (AvgIpc) is 2.25. The van der Waals surface area contributed by atoms with Gasteiger partial charge in [0.1, 0.15) is 13.2 Å². The van der Waals surface area contributed by atoms with Crippen LogP contribution in [0, 0.1) is 5.41 Å². The molecule has 0 atom stereocenters. The lowest BCUT2D eigenvalue weighted by Crippen LogP contribution is -2.31. The number of hydrogen-bond acceptors (Lipinski definition) is 4. The smallest absolute Gasteiger partial charge is 0.305 e. The zero-order chi connectivity index (χ0) is 15.6. The van der Waals surface area contributed by atoms with Crippen molar-refractivity contribution < 1.29 is 19.3 Å². The fraction of sp³-hybridized carbons (Fsp3) is 0.938. The lowest BCUT2D eigenvalue weighted by atomic mass is 9.84. The standard InChI is InChI=1S/C16H32O4/c1-7-8-9-10-14(17)18-11-12-19-20-16(5,6)13-15(2,3)4/h7-13H2,1-6H3. The molecule has 120 valence electrons. The van der Waals surface area contributed by atoms with Crippen molar-refractivity contribution in [3.63, 3.8) is 0 Å². The molecule has 0 aromatic rings. The van der Waals surface area contributed by atoms with Gasteiger partial charge in [0.15, 0.2) is 0 Å². The van der Waals surface area contributed by atoms with E-state index in [1.165, 1.54) is 0 Å². The molecule has 0 amide bonds. The number of hydrogen-bond donors (Lipinski definition) is 0. The maximum Gasteiger partial charge on any atom is 0.305 e. The highest BCUT2D eigenvalue weighted by Crippen LogP contribution is 2.29. The highest BCUT2D eigenvalue weighted by Gasteiger charge is 2.27. The van der Waals surface area contributed by atoms with Gasteiger partial charge >= 0.3 is 5.97 Å². The Kier molecular flexibility index (Phi) is 9.06. The van der Waals surface area contributed by atoms with Crippen LogP contribution in [0.4, 0.5) is 0 Å². The Balaban J connectivity index is 3.63. The SMILES string of the molecule is CCCCCC(=O)OCCOOC(C)(C)CC(C)(C)C. The summed E-state index contributed by atoms with van der Waals surface area (Å²) in [5.41, 5.74) is -0.165. The van der Waals surface area contributed by atoms with E-state index in [-0.39, 0.29) is 30.2 Å². The number of unbranched alkanes of at least 4 members (excludes halogenated alkanes) is 2. The van der Waals surface area contributed by atoms with Crippen molar-refractivity contribution in [3.8, 4) is 0 Å². The quantitative estimate of drug-likeness (QED) is 0.260. The van der Waals surface area contributed by atoms with Gasteiger partial charge in [0.05, 0.1) is 5.60 Å². The molecule has 0 unspecified atom stereocenters. The van der Waals surface area contributed by atoms with E-state index in [9.17, 15) is 4.79 Å². The molecule has 0 aliphatic rings. The van der Waals surface area contributed by atoms with Gasteiger partial charge in [-0.2, -0.15) is 0 Å². The number of rotatable bonds is 10. The van der Waals surface area contributed by atoms with Gasteiger partial charge in [-0.15, -0.1) is 0 Å². The monoisotopic (exact) mass is 288 g/mol. The van der Waals surface area contributed by atoms with Crippen LogP contribution in [0.25, 0.3) is 0 Å². The Morgan fingerprint density at radius 3 is 2.20 bits per heavy atom. The molecule has 0 fully saturated rings. The van der Waals surface area contributed by atoms with Crippen LogP contribution in [-0.4, -0.2) is 24.8 Å². The molecule has 4 nitrogen and oxygen atoms in total. The van der Waals surface area contributed by atoms with Crippen molar-refractivity contribution in [2.24, 2.45) is 5.41 Å². The molecule has 0 N–H and O–H groups in total. The third kappa shape index (κ3) is 12.4. The zero-order valence-corrected chi connectivity index (χ0v) is 14.1. The summed E-state index contributed by atoms with van der Waals surface area (Å²) in [4.78, 5) is 21.9. The molecule has 0 saturated carbocycles. The van der Waals surface area contributed by atoms with Crippen LogP contribution in [0.15, 0.2) is 0 Å². The van der Waals surface area contributed by atoms with Crippen LogP contribution in [0.2, 0.25) is 0 Å². The summed E-state index contributed by atoms with van der Waals surface area (Å²) in [6.45, 7) is 13.1. The minimum atomic E-state index is -0.344. The van der Waals surface area contributed by atoms with Crippen LogP contribution < -0.4 is 0 Å². The normalized spacial score (nSPS) is 12.5. The highest BCUT2D eigenvalue weighted by atomic mass is 17.2. The molecule has 0 heterocycles. The fourth-order valence-electron chi connectivity index (χ4n) is 2.29. The third-order valence-corrected chi connectivity index (χ3v) is 2.65. The van der Waals surface area contributed by atoms with E-state index >= 15 is 0 Å². The van der Waals surface area contributed by atoms with Gasteiger partial charge in [0, 0.05) is 6.42 Å². The lowest BCUT2D eigenvalue weighted by Gasteiger charge is -2.30. The van der Waals surface area contributed by atoms with Crippen molar-refractivity contribution in [1.29, 1.82) is 0 Å². The van der Waals surface area contributed by atoms with Crippen LogP contribution in [-0.2, 0) is 19.3 Å². The third-order valence-electron chi connectivity index (χ3n) is 2.65. The second-order valence-corrected chi connectivity index (χ2v) is 7.08. The van der Waals surface area contributed by atoms with E-state index in [2.05, 4.69) is 27.7 Å². The van der Waals surface area contributed by atoms with Crippen LogP contribution in [0.5, 0.6) is 0 Å². The van der Waals surface area contributed by atoms with Crippen molar-refractivity contribution >= 4 is 5.97 Å². The number of ether oxygens (including phenoxy) is 1. The Morgan fingerprint density at radius 1 is 1.00 bits per heavy atom. The Bertz CT molecular complexity index is 266. The first-order valence-corrected chi connectivity index (χ1v) is 7.62. The zero-order valence-electron chi connectivity index (χ0n) is 14.1. The minimum Gasteiger partial charge on any atom is -0.463 e. The predicted octanol–water partition coefficient (Wildman–Crippen LogP) is 4.27. The summed E-state index contributed by atoms with van der Waals surface area (Å²) in [5.74, 6) is -0.156. The molecule has 0 rings (SSSR count). The first-order valence-electron chi connectivity index (χ1n) is 7.62. The predicted molar refractivity (Wildman–Crippen MR) is 80.3 cm³/mol. The fourth-order valence-corrected chi connectivity index (χ4v) is 2.29. The summed E-state index contributed by atoms with van der Waals surface area (Å²) in [6, 6.07) is 0. The second-order valence-electron chi connectivity index (χ2n) is 7.08. The van der Waals surface area contributed by atoms with E-state index < -0.39 is 0 Å². The molecule has 0 aliphatic heterocycles. The average molecular weight is 288 g/mol. The minimum absolute atomic E-state index is 0.156. The van der Waals surface area contributed by atoms with Crippen molar-refractivity contribution in [2.45, 2.75) is 79.2 Å². The van der Waals surface area contributed by atoms with E-state index in [4.69, 9.17) is 14.5 Å². The summed E-state index contributed by atoms with van der Waals surface area (Å²) < 4.78 is 5.06. The summed E-state index contributed by atoms with van der Waals surface area (Å²) >= 11 is 0. The maximum atomic E-state index is 11.3. The molecule has 0 saturated heterocycles. The van der Waals surface area contributed by atoms with E-state index in [1.54, 1.807) is 0 Å². The van der Waals surface area contributed by atoms with Crippen molar-refractivity contribution in [3.05, 3.63) is 0 Å². The van der Waals surface area contributed by atoms with Crippen LogP contribution >= 0.6 is 0 Å². The Labute approximate surface area is 124 Å². The van der Waals surface area contributed by atoms with Crippen molar-refractivity contribution in [2.75, 3.05) is 13.2 Å². The molecule has 20 heavy (non-hydrogen) atoms. The van der Waals surface area contributed by atoms with Crippen LogP contribution in [0.1, 0.15) is 73.6 Å². The number of carbonyl (C=O) groups is 1. The molecule has 0 aromatic heterocycles. The van der Waals surface area contributed by atoms with E-state index in [0.717, 1.165) is 25.7 Å². The van der Waals surface area contributed by atoms with Gasteiger partial charge in [-0.25, -0.2) is 9.78 Å². The first-order chi connectivity index (χ1) is 9.16. The Morgan fingerprint density at radius 2 is 1.65 bits per heavy atom. The topological polar surface area (TPSA) is 44.8 Å². The molecule has 0 radical (unpaired) electrons. The molecule has 4 heteroatoms. The summed E-state index contributed by atoms with van der Waals surface area (Å²) in [6.07, 6.45) is 4.44. The molecular weight excluding hydrogens is 256 g/mol. The number of esters is 1. The largest absolute Gasteiger partial charge is 0.463 e. The summed E-state index contributed by atoms with van der Waals surface area (Å²) in [7, 11) is 0. The first kappa shape index (κ1) is 19.4. The van der Waals surface area contributed by atoms with Gasteiger partial charge in [0.2, 0.25) is 0 Å². The second kappa shape index (κ2) is 9.35. The van der Waals surface area contributed by atoms with Crippen LogP contribution in [0.3, 0.4) is 0 Å². The molecular formula is C16H32O4. The molecule has 0 bridgehead atoms. The number of carbonyl (C=O) groups excluding carboxylic acids is 1. The van der Waals surface area contributed by atoms with Crippen molar-refractivity contribution in [1.82, 2.24) is 0 Å². The van der Waals surface area contributed by atoms with Gasteiger partial charge in [-0.3, -0.25) is 4.79 Å². The maximum absolute atomic E-state index is 11.3. The van der Waals surface area contributed by atoms with Gasteiger partial charge in [-0.1, -0.05) is 40.5 Å². The molecule has 0 spiro atoms. The molecule has 0 aromatic carbocycles. The Hall–Kier alpha value is -0.610. The molecule has 0 aliphatic carbocycles.